The van der Waals surface area contributed by atoms with Crippen LogP contribution in [-0.4, -0.2) is 32.1 Å². The van der Waals surface area contributed by atoms with Crippen molar-refractivity contribution in [3.8, 4) is 28.5 Å². The zero-order valence-corrected chi connectivity index (χ0v) is 16.1. The van der Waals surface area contributed by atoms with Crippen LogP contribution in [0, 0.1) is 0 Å². The monoisotopic (exact) mass is 394 g/mol. The van der Waals surface area contributed by atoms with E-state index in [0.29, 0.717) is 22.7 Å². The standard InChI is InChI=1S/C19H18N6O2S/c1-12(18-21-16(24-27-18)13-6-4-3-5-7-13)28-19-23-22-17(25(19)20)14-8-10-15(26-2)11-9-14/h3-12H,20H2,1-2H3. The summed E-state index contributed by atoms with van der Waals surface area (Å²) < 4.78 is 12.0. The van der Waals surface area contributed by atoms with Crippen molar-refractivity contribution in [1.82, 2.24) is 25.0 Å². The highest BCUT2D eigenvalue weighted by molar-refractivity contribution is 7.99. The fraction of sp³-hybridized carbons (Fsp3) is 0.158. The number of ether oxygens (including phenoxy) is 1. The molecule has 0 aliphatic carbocycles. The van der Waals surface area contributed by atoms with Crippen LogP contribution in [0.3, 0.4) is 0 Å². The van der Waals surface area contributed by atoms with Gasteiger partial charge in [-0.05, 0) is 31.2 Å². The minimum atomic E-state index is -0.139. The molecule has 8 nitrogen and oxygen atoms in total. The number of hydrogen-bond acceptors (Lipinski definition) is 8. The summed E-state index contributed by atoms with van der Waals surface area (Å²) >= 11 is 1.40. The van der Waals surface area contributed by atoms with Crippen molar-refractivity contribution in [2.24, 2.45) is 0 Å². The quantitative estimate of drug-likeness (QED) is 0.391. The average molecular weight is 394 g/mol. The molecule has 2 aromatic heterocycles. The van der Waals surface area contributed by atoms with Crippen LogP contribution in [0.25, 0.3) is 22.8 Å². The Morgan fingerprint density at radius 2 is 1.79 bits per heavy atom. The molecule has 4 aromatic rings. The van der Waals surface area contributed by atoms with Crippen molar-refractivity contribution < 1.29 is 9.26 Å². The van der Waals surface area contributed by atoms with Crippen LogP contribution in [0.1, 0.15) is 18.1 Å². The first-order chi connectivity index (χ1) is 13.7. The Kier molecular flexibility index (Phi) is 4.98. The minimum absolute atomic E-state index is 0.139. The topological polar surface area (TPSA) is 105 Å². The molecule has 142 valence electrons. The Morgan fingerprint density at radius 3 is 2.50 bits per heavy atom. The van der Waals surface area contributed by atoms with Gasteiger partial charge < -0.3 is 15.1 Å². The first kappa shape index (κ1) is 18.1. The average Bonchev–Trinajstić information content (AvgIpc) is 3.37. The van der Waals surface area contributed by atoms with Gasteiger partial charge in [-0.2, -0.15) is 4.98 Å². The fourth-order valence-corrected chi connectivity index (χ4v) is 3.41. The number of benzene rings is 2. The predicted molar refractivity (Wildman–Crippen MR) is 106 cm³/mol. The number of nitrogen functional groups attached to an aromatic ring is 1. The Balaban J connectivity index is 1.51. The molecule has 0 fully saturated rings. The molecule has 9 heteroatoms. The van der Waals surface area contributed by atoms with E-state index in [9.17, 15) is 0 Å². The number of nitrogens with zero attached hydrogens (tertiary/aromatic N) is 5. The molecule has 2 aromatic carbocycles. The van der Waals surface area contributed by atoms with Crippen molar-refractivity contribution >= 4 is 11.8 Å². The predicted octanol–water partition coefficient (Wildman–Crippen LogP) is 3.57. The maximum absolute atomic E-state index is 6.20. The Hall–Kier alpha value is -3.33. The summed E-state index contributed by atoms with van der Waals surface area (Å²) in [7, 11) is 1.62. The summed E-state index contributed by atoms with van der Waals surface area (Å²) in [4.78, 5) is 4.48. The van der Waals surface area contributed by atoms with Crippen molar-refractivity contribution in [3.05, 3.63) is 60.5 Å². The number of nitrogens with two attached hydrogens (primary N) is 1. The molecule has 2 N–H and O–H groups in total. The number of hydrogen-bond donors (Lipinski definition) is 1. The second-order valence-corrected chi connectivity index (χ2v) is 7.29. The molecule has 0 saturated carbocycles. The molecule has 0 aliphatic rings. The second-order valence-electron chi connectivity index (χ2n) is 5.99. The Bertz CT molecular complexity index is 1060. The van der Waals surface area contributed by atoms with Gasteiger partial charge in [-0.1, -0.05) is 47.3 Å². The molecular weight excluding hydrogens is 376 g/mol. The van der Waals surface area contributed by atoms with E-state index in [0.717, 1.165) is 16.9 Å². The lowest BCUT2D eigenvalue weighted by atomic mass is 10.2. The molecule has 0 radical (unpaired) electrons. The van der Waals surface area contributed by atoms with Crippen molar-refractivity contribution in [3.63, 3.8) is 0 Å². The van der Waals surface area contributed by atoms with E-state index in [1.54, 1.807) is 7.11 Å². The highest BCUT2D eigenvalue weighted by atomic mass is 32.2. The lowest BCUT2D eigenvalue weighted by molar-refractivity contribution is 0.380. The highest BCUT2D eigenvalue weighted by Gasteiger charge is 2.21. The van der Waals surface area contributed by atoms with E-state index < -0.39 is 0 Å². The SMILES string of the molecule is COc1ccc(-c2nnc(SC(C)c3nc(-c4ccccc4)no3)n2N)cc1. The van der Waals surface area contributed by atoms with E-state index in [1.807, 2.05) is 61.5 Å². The lowest BCUT2D eigenvalue weighted by Gasteiger charge is -2.07. The molecule has 2 heterocycles. The number of rotatable bonds is 6. The Labute approximate surface area is 165 Å². The summed E-state index contributed by atoms with van der Waals surface area (Å²) in [5.74, 6) is 8.58. The van der Waals surface area contributed by atoms with Crippen LogP contribution in [0.15, 0.2) is 64.3 Å². The third kappa shape index (κ3) is 3.56. The van der Waals surface area contributed by atoms with E-state index in [-0.39, 0.29) is 5.25 Å². The van der Waals surface area contributed by atoms with Crippen LogP contribution in [-0.2, 0) is 0 Å². The molecule has 28 heavy (non-hydrogen) atoms. The van der Waals surface area contributed by atoms with Crippen LogP contribution >= 0.6 is 11.8 Å². The third-order valence-electron chi connectivity index (χ3n) is 4.12. The van der Waals surface area contributed by atoms with Gasteiger partial charge in [0.05, 0.1) is 12.4 Å². The number of aromatic nitrogens is 5. The van der Waals surface area contributed by atoms with Crippen molar-refractivity contribution in [2.75, 3.05) is 13.0 Å². The molecule has 1 atom stereocenters. The van der Waals surface area contributed by atoms with Crippen LogP contribution < -0.4 is 10.6 Å². The fourth-order valence-electron chi connectivity index (χ4n) is 2.61. The van der Waals surface area contributed by atoms with E-state index in [1.165, 1.54) is 16.4 Å². The van der Waals surface area contributed by atoms with Crippen LogP contribution in [0.2, 0.25) is 0 Å². The van der Waals surface area contributed by atoms with Crippen molar-refractivity contribution in [2.45, 2.75) is 17.3 Å². The van der Waals surface area contributed by atoms with Crippen molar-refractivity contribution in [1.29, 1.82) is 0 Å². The van der Waals surface area contributed by atoms with Gasteiger partial charge in [-0.3, -0.25) is 0 Å². The van der Waals surface area contributed by atoms with Gasteiger partial charge in [-0.25, -0.2) is 4.68 Å². The summed E-state index contributed by atoms with van der Waals surface area (Å²) in [6.45, 7) is 1.95. The van der Waals surface area contributed by atoms with Gasteiger partial charge in [0, 0.05) is 11.1 Å². The molecule has 0 spiro atoms. The van der Waals surface area contributed by atoms with Gasteiger partial charge in [0.15, 0.2) is 5.82 Å². The van der Waals surface area contributed by atoms with Crippen LogP contribution in [0.4, 0.5) is 0 Å². The van der Waals surface area contributed by atoms with E-state index in [2.05, 4.69) is 20.3 Å². The van der Waals surface area contributed by atoms with Gasteiger partial charge in [0.1, 0.15) is 5.75 Å². The van der Waals surface area contributed by atoms with E-state index >= 15 is 0 Å². The zero-order valence-electron chi connectivity index (χ0n) is 15.3. The zero-order chi connectivity index (χ0) is 19.5. The third-order valence-corrected chi connectivity index (χ3v) is 5.16. The Morgan fingerprint density at radius 1 is 1.04 bits per heavy atom. The first-order valence-corrected chi connectivity index (χ1v) is 9.44. The first-order valence-electron chi connectivity index (χ1n) is 8.56. The molecule has 0 amide bonds. The summed E-state index contributed by atoms with van der Waals surface area (Å²) in [6, 6.07) is 17.1. The highest BCUT2D eigenvalue weighted by Crippen LogP contribution is 2.34. The summed E-state index contributed by atoms with van der Waals surface area (Å²) in [6.07, 6.45) is 0. The maximum atomic E-state index is 6.20. The molecule has 4 rings (SSSR count). The molecule has 0 aliphatic heterocycles. The smallest absolute Gasteiger partial charge is 0.240 e. The van der Waals surface area contributed by atoms with E-state index in [4.69, 9.17) is 15.1 Å². The molecule has 1 unspecified atom stereocenters. The molecule has 0 bridgehead atoms. The lowest BCUT2D eigenvalue weighted by Crippen LogP contribution is -2.12. The normalized spacial score (nSPS) is 12.1. The van der Waals surface area contributed by atoms with Gasteiger partial charge in [-0.15, -0.1) is 10.2 Å². The summed E-state index contributed by atoms with van der Waals surface area (Å²) in [5, 5.41) is 12.9. The van der Waals surface area contributed by atoms with Gasteiger partial charge in [0.25, 0.3) is 0 Å². The van der Waals surface area contributed by atoms with Gasteiger partial charge >= 0.3 is 0 Å². The number of thioether (sulfide) groups is 1. The summed E-state index contributed by atoms with van der Waals surface area (Å²) in [5.41, 5.74) is 1.75. The molecular formula is C19H18N6O2S. The van der Waals surface area contributed by atoms with Gasteiger partial charge in [0.2, 0.25) is 16.9 Å². The maximum Gasteiger partial charge on any atom is 0.240 e. The minimum Gasteiger partial charge on any atom is -0.497 e. The largest absolute Gasteiger partial charge is 0.497 e. The second kappa shape index (κ2) is 7.73. The van der Waals surface area contributed by atoms with Crippen LogP contribution in [0.5, 0.6) is 5.75 Å². The molecule has 0 saturated heterocycles. The number of methoxy groups -OCH3 is 1.